The van der Waals surface area contributed by atoms with Crippen LogP contribution in [0, 0.1) is 0 Å². The van der Waals surface area contributed by atoms with Gasteiger partial charge in [-0.3, -0.25) is 0 Å². The number of hydrogen-bond donors (Lipinski definition) is 0. The third-order valence-electron chi connectivity index (χ3n) is 3.23. The number of aromatic nitrogens is 1. The zero-order valence-corrected chi connectivity index (χ0v) is 10.5. The topological polar surface area (TPSA) is 35.3 Å². The van der Waals surface area contributed by atoms with E-state index in [-0.39, 0.29) is 0 Å². The van der Waals surface area contributed by atoms with Gasteiger partial charge in [-0.1, -0.05) is 13.0 Å². The zero-order chi connectivity index (χ0) is 12.5. The van der Waals surface area contributed by atoms with Crippen molar-refractivity contribution in [2.24, 2.45) is 0 Å². The van der Waals surface area contributed by atoms with Gasteiger partial charge in [0, 0.05) is 11.5 Å². The second-order valence-electron chi connectivity index (χ2n) is 4.54. The molecule has 0 N–H and O–H groups in total. The molecule has 1 aromatic heterocycles. The molecule has 0 spiro atoms. The number of rotatable bonds is 2. The molecule has 0 fully saturated rings. The standard InChI is InChI=1S/C15H15NO2/c1-10-4-3-5-13-14(10)18-15(16-13)11-6-8-12(17-2)9-7-11/h3,5-10H,4H2,1-2H3. The molecule has 18 heavy (non-hydrogen) atoms. The quantitative estimate of drug-likeness (QED) is 0.800. The Bertz CT molecular complexity index is 581. The predicted octanol–water partition coefficient (Wildman–Crippen LogP) is 3.87. The molecule has 1 aromatic carbocycles. The highest BCUT2D eigenvalue weighted by Gasteiger charge is 2.20. The fourth-order valence-electron chi connectivity index (χ4n) is 2.16. The van der Waals surface area contributed by atoms with Crippen LogP contribution in [-0.4, -0.2) is 12.1 Å². The first-order valence-corrected chi connectivity index (χ1v) is 6.09. The van der Waals surface area contributed by atoms with Crippen LogP contribution < -0.4 is 4.74 Å². The molecule has 1 aliphatic rings. The molecule has 3 nitrogen and oxygen atoms in total. The summed E-state index contributed by atoms with van der Waals surface area (Å²) in [6, 6.07) is 7.75. The van der Waals surface area contributed by atoms with Crippen LogP contribution in [0.3, 0.4) is 0 Å². The number of ether oxygens (including phenoxy) is 1. The molecule has 0 radical (unpaired) electrons. The van der Waals surface area contributed by atoms with Crippen LogP contribution in [0.5, 0.6) is 5.75 Å². The molecular formula is C15H15NO2. The van der Waals surface area contributed by atoms with Crippen molar-refractivity contribution < 1.29 is 9.15 Å². The van der Waals surface area contributed by atoms with Crippen molar-refractivity contribution in [2.75, 3.05) is 7.11 Å². The molecule has 0 bridgehead atoms. The molecule has 3 heteroatoms. The van der Waals surface area contributed by atoms with E-state index in [0.717, 1.165) is 29.2 Å². The van der Waals surface area contributed by atoms with Gasteiger partial charge in [-0.2, -0.15) is 0 Å². The monoisotopic (exact) mass is 241 g/mol. The number of hydrogen-bond acceptors (Lipinski definition) is 3. The largest absolute Gasteiger partial charge is 0.497 e. The van der Waals surface area contributed by atoms with Crippen molar-refractivity contribution in [1.82, 2.24) is 4.98 Å². The summed E-state index contributed by atoms with van der Waals surface area (Å²) < 4.78 is 11.0. The van der Waals surface area contributed by atoms with E-state index in [4.69, 9.17) is 9.15 Å². The Morgan fingerprint density at radius 3 is 2.72 bits per heavy atom. The molecule has 1 atom stereocenters. The van der Waals surface area contributed by atoms with Crippen LogP contribution in [-0.2, 0) is 0 Å². The Balaban J connectivity index is 1.99. The van der Waals surface area contributed by atoms with Gasteiger partial charge in [-0.25, -0.2) is 4.98 Å². The minimum Gasteiger partial charge on any atom is -0.497 e. The van der Waals surface area contributed by atoms with Gasteiger partial charge in [0.15, 0.2) is 0 Å². The summed E-state index contributed by atoms with van der Waals surface area (Å²) >= 11 is 0. The van der Waals surface area contributed by atoms with Gasteiger partial charge >= 0.3 is 0 Å². The molecule has 92 valence electrons. The third-order valence-corrected chi connectivity index (χ3v) is 3.23. The SMILES string of the molecule is COc1ccc(-c2nc3c(o2)C(C)CC=C3)cc1. The van der Waals surface area contributed by atoms with Crippen molar-refractivity contribution >= 4 is 6.08 Å². The van der Waals surface area contributed by atoms with E-state index < -0.39 is 0 Å². The Labute approximate surface area is 106 Å². The number of benzene rings is 1. The molecule has 1 unspecified atom stereocenters. The molecule has 0 aliphatic heterocycles. The Hall–Kier alpha value is -2.03. The first kappa shape index (κ1) is 11.1. The first-order valence-electron chi connectivity index (χ1n) is 6.09. The van der Waals surface area contributed by atoms with Crippen molar-refractivity contribution in [2.45, 2.75) is 19.3 Å². The van der Waals surface area contributed by atoms with E-state index >= 15 is 0 Å². The number of nitrogens with zero attached hydrogens (tertiary/aromatic N) is 1. The maximum atomic E-state index is 5.87. The summed E-state index contributed by atoms with van der Waals surface area (Å²) in [5.74, 6) is 2.91. The maximum Gasteiger partial charge on any atom is 0.226 e. The summed E-state index contributed by atoms with van der Waals surface area (Å²) in [7, 11) is 1.66. The van der Waals surface area contributed by atoms with Gasteiger partial charge in [0.25, 0.3) is 0 Å². The summed E-state index contributed by atoms with van der Waals surface area (Å²) in [5.41, 5.74) is 1.94. The van der Waals surface area contributed by atoms with E-state index in [0.29, 0.717) is 11.8 Å². The van der Waals surface area contributed by atoms with Crippen molar-refractivity contribution in [3.05, 3.63) is 41.8 Å². The van der Waals surface area contributed by atoms with E-state index in [1.165, 1.54) is 0 Å². The second-order valence-corrected chi connectivity index (χ2v) is 4.54. The normalized spacial score (nSPS) is 17.6. The lowest BCUT2D eigenvalue weighted by molar-refractivity contribution is 0.415. The van der Waals surface area contributed by atoms with E-state index in [2.05, 4.69) is 18.0 Å². The fraction of sp³-hybridized carbons (Fsp3) is 0.267. The van der Waals surface area contributed by atoms with Gasteiger partial charge in [0.1, 0.15) is 17.2 Å². The highest BCUT2D eigenvalue weighted by molar-refractivity contribution is 5.60. The molecular weight excluding hydrogens is 226 g/mol. The summed E-state index contributed by atoms with van der Waals surface area (Å²) in [6.45, 7) is 2.16. The molecule has 0 saturated carbocycles. The number of fused-ring (bicyclic) bond motifs is 1. The van der Waals surface area contributed by atoms with Crippen LogP contribution >= 0.6 is 0 Å². The lowest BCUT2D eigenvalue weighted by Gasteiger charge is -2.09. The lowest BCUT2D eigenvalue weighted by Crippen LogP contribution is -1.96. The smallest absolute Gasteiger partial charge is 0.226 e. The Kier molecular flexibility index (Phi) is 2.67. The minimum absolute atomic E-state index is 0.407. The highest BCUT2D eigenvalue weighted by Crippen LogP contribution is 2.33. The lowest BCUT2D eigenvalue weighted by atomic mass is 9.98. The second kappa shape index (κ2) is 4.33. The number of oxazole rings is 1. The van der Waals surface area contributed by atoms with E-state index in [1.54, 1.807) is 7.11 Å². The molecule has 2 aromatic rings. The number of methoxy groups -OCH3 is 1. The zero-order valence-electron chi connectivity index (χ0n) is 10.5. The fourth-order valence-corrected chi connectivity index (χ4v) is 2.16. The number of allylic oxidation sites excluding steroid dienone is 1. The van der Waals surface area contributed by atoms with Crippen LogP contribution in [0.2, 0.25) is 0 Å². The maximum absolute atomic E-state index is 5.87. The minimum atomic E-state index is 0.407. The van der Waals surface area contributed by atoms with Gasteiger partial charge in [-0.05, 0) is 36.8 Å². The summed E-state index contributed by atoms with van der Waals surface area (Å²) in [6.07, 6.45) is 5.20. The summed E-state index contributed by atoms with van der Waals surface area (Å²) in [5, 5.41) is 0. The predicted molar refractivity (Wildman–Crippen MR) is 70.6 cm³/mol. The van der Waals surface area contributed by atoms with Crippen molar-refractivity contribution in [3.63, 3.8) is 0 Å². The molecule has 1 heterocycles. The molecule has 1 aliphatic carbocycles. The van der Waals surface area contributed by atoms with Crippen LogP contribution in [0.15, 0.2) is 34.8 Å². The average Bonchev–Trinajstić information content (AvgIpc) is 2.84. The molecule has 0 saturated heterocycles. The Morgan fingerprint density at radius 2 is 2.06 bits per heavy atom. The van der Waals surface area contributed by atoms with Crippen molar-refractivity contribution in [1.29, 1.82) is 0 Å². The van der Waals surface area contributed by atoms with Crippen molar-refractivity contribution in [3.8, 4) is 17.2 Å². The third kappa shape index (κ3) is 1.82. The highest BCUT2D eigenvalue weighted by atomic mass is 16.5. The van der Waals surface area contributed by atoms with E-state index in [9.17, 15) is 0 Å². The Morgan fingerprint density at radius 1 is 1.28 bits per heavy atom. The van der Waals surface area contributed by atoms with Crippen LogP contribution in [0.4, 0.5) is 0 Å². The molecule has 0 amide bonds. The average molecular weight is 241 g/mol. The molecule has 3 rings (SSSR count). The van der Waals surface area contributed by atoms with E-state index in [1.807, 2.05) is 30.3 Å². The van der Waals surface area contributed by atoms with Gasteiger partial charge in [0.05, 0.1) is 7.11 Å². The first-order chi connectivity index (χ1) is 8.78. The van der Waals surface area contributed by atoms with Gasteiger partial charge in [-0.15, -0.1) is 0 Å². The van der Waals surface area contributed by atoms with Crippen LogP contribution in [0.25, 0.3) is 17.5 Å². The summed E-state index contributed by atoms with van der Waals surface area (Å²) in [4.78, 5) is 4.53. The van der Waals surface area contributed by atoms with Crippen LogP contribution in [0.1, 0.15) is 30.7 Å². The van der Waals surface area contributed by atoms with Gasteiger partial charge in [0.2, 0.25) is 5.89 Å². The van der Waals surface area contributed by atoms with Gasteiger partial charge < -0.3 is 9.15 Å².